The SMILES string of the molecule is CC1CCCN(Cc2ccc(C(N)=O)cc2Cl)C1C(=O)O. The van der Waals surface area contributed by atoms with Crippen LogP contribution in [0.15, 0.2) is 18.2 Å². The summed E-state index contributed by atoms with van der Waals surface area (Å²) in [5.74, 6) is -1.22. The lowest BCUT2D eigenvalue weighted by atomic mass is 9.90. The van der Waals surface area contributed by atoms with Gasteiger partial charge in [0, 0.05) is 17.1 Å². The van der Waals surface area contributed by atoms with Gasteiger partial charge in [-0.1, -0.05) is 24.6 Å². The molecule has 1 saturated heterocycles. The third kappa shape index (κ3) is 3.54. The average Bonchev–Trinajstić information content (AvgIpc) is 2.40. The van der Waals surface area contributed by atoms with Crippen LogP contribution in [-0.2, 0) is 11.3 Å². The Morgan fingerprint density at radius 1 is 1.48 bits per heavy atom. The van der Waals surface area contributed by atoms with E-state index in [0.717, 1.165) is 24.9 Å². The molecule has 0 spiro atoms. The number of halogens is 1. The third-order valence-corrected chi connectivity index (χ3v) is 4.35. The number of hydrogen-bond acceptors (Lipinski definition) is 3. The molecule has 1 aliphatic heterocycles. The zero-order valence-electron chi connectivity index (χ0n) is 11.9. The highest BCUT2D eigenvalue weighted by Crippen LogP contribution is 2.27. The number of aliphatic carboxylic acids is 1. The van der Waals surface area contributed by atoms with Crippen LogP contribution in [0.25, 0.3) is 0 Å². The molecule has 1 aliphatic rings. The second-order valence-corrected chi connectivity index (χ2v) is 5.95. The number of carboxylic acid groups (broad SMARTS) is 1. The Bertz CT molecular complexity index is 562. The summed E-state index contributed by atoms with van der Waals surface area (Å²) in [5.41, 5.74) is 6.37. The Hall–Kier alpha value is -1.59. The van der Waals surface area contributed by atoms with Crippen molar-refractivity contribution in [3.8, 4) is 0 Å². The molecule has 6 heteroatoms. The van der Waals surface area contributed by atoms with Gasteiger partial charge in [-0.3, -0.25) is 14.5 Å². The summed E-state index contributed by atoms with van der Waals surface area (Å²) in [5, 5.41) is 9.85. The van der Waals surface area contributed by atoms with Crippen molar-refractivity contribution in [1.82, 2.24) is 4.90 Å². The van der Waals surface area contributed by atoms with Crippen molar-refractivity contribution in [2.45, 2.75) is 32.4 Å². The highest BCUT2D eigenvalue weighted by atomic mass is 35.5. The number of amides is 1. The van der Waals surface area contributed by atoms with Crippen molar-refractivity contribution < 1.29 is 14.7 Å². The number of carbonyl (C=O) groups excluding carboxylic acids is 1. The number of rotatable bonds is 4. The van der Waals surface area contributed by atoms with Crippen molar-refractivity contribution >= 4 is 23.5 Å². The molecule has 0 aliphatic carbocycles. The minimum atomic E-state index is -0.799. The van der Waals surface area contributed by atoms with Gasteiger partial charge in [0.15, 0.2) is 0 Å². The molecule has 21 heavy (non-hydrogen) atoms. The van der Waals surface area contributed by atoms with E-state index in [1.807, 2.05) is 11.8 Å². The monoisotopic (exact) mass is 310 g/mol. The first-order valence-corrected chi connectivity index (χ1v) is 7.33. The number of carbonyl (C=O) groups is 2. The molecular weight excluding hydrogens is 292 g/mol. The summed E-state index contributed by atoms with van der Waals surface area (Å²) in [6.45, 7) is 3.15. The van der Waals surface area contributed by atoms with Crippen LogP contribution < -0.4 is 5.73 Å². The van der Waals surface area contributed by atoms with Gasteiger partial charge in [-0.2, -0.15) is 0 Å². The van der Waals surface area contributed by atoms with Crippen LogP contribution in [0.3, 0.4) is 0 Å². The quantitative estimate of drug-likeness (QED) is 0.892. The van der Waals surface area contributed by atoms with Crippen molar-refractivity contribution in [3.05, 3.63) is 34.3 Å². The van der Waals surface area contributed by atoms with E-state index < -0.39 is 17.9 Å². The smallest absolute Gasteiger partial charge is 0.321 e. The van der Waals surface area contributed by atoms with Gasteiger partial charge in [0.2, 0.25) is 5.91 Å². The van der Waals surface area contributed by atoms with Crippen LogP contribution >= 0.6 is 11.6 Å². The van der Waals surface area contributed by atoms with Crippen LogP contribution in [0.1, 0.15) is 35.7 Å². The molecule has 1 heterocycles. The number of hydrogen-bond donors (Lipinski definition) is 2. The van der Waals surface area contributed by atoms with Gasteiger partial charge in [-0.15, -0.1) is 0 Å². The van der Waals surface area contributed by atoms with E-state index in [0.29, 0.717) is 17.1 Å². The fourth-order valence-electron chi connectivity index (χ4n) is 2.90. The van der Waals surface area contributed by atoms with E-state index in [-0.39, 0.29) is 5.92 Å². The zero-order valence-corrected chi connectivity index (χ0v) is 12.6. The molecule has 2 atom stereocenters. The second-order valence-electron chi connectivity index (χ2n) is 5.54. The molecular formula is C15H19ClN2O3. The van der Waals surface area contributed by atoms with E-state index in [4.69, 9.17) is 17.3 Å². The van der Waals surface area contributed by atoms with E-state index in [1.54, 1.807) is 12.1 Å². The first-order valence-electron chi connectivity index (χ1n) is 6.95. The number of nitrogens with zero attached hydrogens (tertiary/aromatic N) is 1. The molecule has 3 N–H and O–H groups in total. The van der Waals surface area contributed by atoms with Gasteiger partial charge in [0.25, 0.3) is 0 Å². The summed E-state index contributed by atoms with van der Waals surface area (Å²) in [4.78, 5) is 24.5. The molecule has 2 unspecified atom stereocenters. The van der Waals surface area contributed by atoms with Crippen LogP contribution in [0.4, 0.5) is 0 Å². The van der Waals surface area contributed by atoms with E-state index >= 15 is 0 Å². The fraction of sp³-hybridized carbons (Fsp3) is 0.467. The zero-order chi connectivity index (χ0) is 15.6. The molecule has 1 fully saturated rings. The highest BCUT2D eigenvalue weighted by Gasteiger charge is 2.34. The Morgan fingerprint density at radius 3 is 2.76 bits per heavy atom. The maximum Gasteiger partial charge on any atom is 0.321 e. The molecule has 0 bridgehead atoms. The summed E-state index contributed by atoms with van der Waals surface area (Å²) in [6, 6.07) is 4.39. The van der Waals surface area contributed by atoms with Gasteiger partial charge in [-0.05, 0) is 43.0 Å². The molecule has 114 valence electrons. The first-order chi connectivity index (χ1) is 9.90. The van der Waals surface area contributed by atoms with Gasteiger partial charge >= 0.3 is 5.97 Å². The number of nitrogens with two attached hydrogens (primary N) is 1. The lowest BCUT2D eigenvalue weighted by Gasteiger charge is -2.37. The summed E-state index contributed by atoms with van der Waals surface area (Å²) in [7, 11) is 0. The maximum atomic E-state index is 11.5. The number of carboxylic acids is 1. The summed E-state index contributed by atoms with van der Waals surface area (Å²) >= 11 is 6.17. The molecule has 0 saturated carbocycles. The van der Waals surface area contributed by atoms with Crippen molar-refractivity contribution in [3.63, 3.8) is 0 Å². The lowest BCUT2D eigenvalue weighted by Crippen LogP contribution is -2.48. The Balaban J connectivity index is 2.20. The van der Waals surface area contributed by atoms with Gasteiger partial charge in [0.05, 0.1) is 0 Å². The van der Waals surface area contributed by atoms with E-state index in [1.165, 1.54) is 6.07 Å². The molecule has 1 aromatic rings. The first kappa shape index (κ1) is 15.8. The molecule has 5 nitrogen and oxygen atoms in total. The fourth-order valence-corrected chi connectivity index (χ4v) is 3.14. The average molecular weight is 311 g/mol. The molecule has 0 aromatic heterocycles. The van der Waals surface area contributed by atoms with Crippen LogP contribution in [0.2, 0.25) is 5.02 Å². The largest absolute Gasteiger partial charge is 0.480 e. The second kappa shape index (κ2) is 6.45. The summed E-state index contributed by atoms with van der Waals surface area (Å²) in [6.07, 6.45) is 1.89. The number of benzene rings is 1. The van der Waals surface area contributed by atoms with Crippen molar-refractivity contribution in [2.24, 2.45) is 11.7 Å². The number of primary amides is 1. The van der Waals surface area contributed by atoms with Crippen LogP contribution in [-0.4, -0.2) is 34.5 Å². The van der Waals surface area contributed by atoms with E-state index in [9.17, 15) is 14.7 Å². The summed E-state index contributed by atoms with van der Waals surface area (Å²) < 4.78 is 0. The van der Waals surface area contributed by atoms with Crippen LogP contribution in [0, 0.1) is 5.92 Å². The van der Waals surface area contributed by atoms with Crippen molar-refractivity contribution in [2.75, 3.05) is 6.54 Å². The lowest BCUT2D eigenvalue weighted by molar-refractivity contribution is -0.147. The standard InChI is InChI=1S/C15H19ClN2O3/c1-9-3-2-6-18(13(9)15(20)21)8-11-5-4-10(14(17)19)7-12(11)16/h4-5,7,9,13H,2-3,6,8H2,1H3,(H2,17,19)(H,20,21). The third-order valence-electron chi connectivity index (χ3n) is 4.00. The predicted molar refractivity (Wildman–Crippen MR) is 80.2 cm³/mol. The van der Waals surface area contributed by atoms with Gasteiger partial charge in [-0.25, -0.2) is 0 Å². The van der Waals surface area contributed by atoms with Gasteiger partial charge in [0.1, 0.15) is 6.04 Å². The number of piperidine rings is 1. The molecule has 1 aromatic carbocycles. The van der Waals surface area contributed by atoms with Crippen LogP contribution in [0.5, 0.6) is 0 Å². The number of likely N-dealkylation sites (tertiary alicyclic amines) is 1. The van der Waals surface area contributed by atoms with Gasteiger partial charge < -0.3 is 10.8 Å². The topological polar surface area (TPSA) is 83.6 Å². The molecule has 1 amide bonds. The Morgan fingerprint density at radius 2 is 2.19 bits per heavy atom. The minimum Gasteiger partial charge on any atom is -0.480 e. The Labute approximate surface area is 128 Å². The maximum absolute atomic E-state index is 11.5. The Kier molecular flexibility index (Phi) is 4.85. The highest BCUT2D eigenvalue weighted by molar-refractivity contribution is 6.31. The molecule has 2 rings (SSSR count). The molecule has 0 radical (unpaired) electrons. The predicted octanol–water partition coefficient (Wildman–Crippen LogP) is 2.12. The van der Waals surface area contributed by atoms with Crippen molar-refractivity contribution in [1.29, 1.82) is 0 Å². The minimum absolute atomic E-state index is 0.111. The normalized spacial score (nSPS) is 23.0. The van der Waals surface area contributed by atoms with E-state index in [2.05, 4.69) is 0 Å².